The molecule has 1 fully saturated rings. The summed E-state index contributed by atoms with van der Waals surface area (Å²) >= 11 is 0. The predicted molar refractivity (Wildman–Crippen MR) is 86.8 cm³/mol. The molecular formula is C16H19N5O4. The Bertz CT molecular complexity index is 717. The number of amides is 2. The van der Waals surface area contributed by atoms with Gasteiger partial charge in [-0.3, -0.25) is 9.59 Å². The highest BCUT2D eigenvalue weighted by Gasteiger charge is 2.29. The molecule has 1 aromatic carbocycles. The maximum absolute atomic E-state index is 12.1. The van der Waals surface area contributed by atoms with Crippen molar-refractivity contribution in [3.05, 3.63) is 42.2 Å². The number of carbonyl (C=O) groups excluding carboxylic acids is 2. The monoisotopic (exact) mass is 345 g/mol. The van der Waals surface area contributed by atoms with Gasteiger partial charge in [0.05, 0.1) is 25.5 Å². The molecule has 0 saturated carbocycles. The molecule has 1 aromatic heterocycles. The summed E-state index contributed by atoms with van der Waals surface area (Å²) in [5.74, 6) is -0.0815. The molecule has 3 N–H and O–H groups in total. The van der Waals surface area contributed by atoms with Crippen molar-refractivity contribution in [2.45, 2.75) is 25.1 Å². The number of hydrogen-bond donors (Lipinski definition) is 2. The van der Waals surface area contributed by atoms with Crippen LogP contribution in [0, 0.1) is 0 Å². The second kappa shape index (κ2) is 7.75. The Morgan fingerprint density at radius 3 is 2.84 bits per heavy atom. The fourth-order valence-electron chi connectivity index (χ4n) is 2.58. The molecule has 0 bridgehead atoms. The van der Waals surface area contributed by atoms with Gasteiger partial charge in [0.1, 0.15) is 18.4 Å². The van der Waals surface area contributed by atoms with Gasteiger partial charge in [0, 0.05) is 18.2 Å². The van der Waals surface area contributed by atoms with Crippen LogP contribution in [0.4, 0.5) is 0 Å². The van der Waals surface area contributed by atoms with E-state index in [4.69, 9.17) is 15.2 Å². The van der Waals surface area contributed by atoms with Crippen LogP contribution in [0.1, 0.15) is 16.8 Å². The van der Waals surface area contributed by atoms with E-state index in [9.17, 15) is 9.59 Å². The van der Waals surface area contributed by atoms with Crippen molar-refractivity contribution in [2.75, 3.05) is 13.2 Å². The molecule has 3 rings (SSSR count). The number of carbonyl (C=O) groups is 2. The van der Waals surface area contributed by atoms with E-state index in [1.165, 1.54) is 10.9 Å². The van der Waals surface area contributed by atoms with Gasteiger partial charge >= 0.3 is 0 Å². The van der Waals surface area contributed by atoms with Crippen LogP contribution in [0.25, 0.3) is 0 Å². The average Bonchev–Trinajstić information content (AvgIpc) is 3.10. The third-order valence-electron chi connectivity index (χ3n) is 3.84. The minimum atomic E-state index is -0.490. The van der Waals surface area contributed by atoms with Crippen LogP contribution in [-0.2, 0) is 16.1 Å². The molecule has 2 atom stereocenters. The first-order chi connectivity index (χ1) is 12.1. The second-order valence-electron chi connectivity index (χ2n) is 5.68. The summed E-state index contributed by atoms with van der Waals surface area (Å²) in [6.45, 7) is 1.00. The van der Waals surface area contributed by atoms with E-state index in [2.05, 4.69) is 15.6 Å². The van der Waals surface area contributed by atoms with E-state index in [-0.39, 0.29) is 24.6 Å². The van der Waals surface area contributed by atoms with E-state index in [1.54, 1.807) is 30.5 Å². The van der Waals surface area contributed by atoms with E-state index in [0.29, 0.717) is 30.9 Å². The predicted octanol–water partition coefficient (Wildman–Crippen LogP) is -0.270. The lowest BCUT2D eigenvalue weighted by molar-refractivity contribution is -0.125. The minimum absolute atomic E-state index is 0.0799. The van der Waals surface area contributed by atoms with Crippen molar-refractivity contribution in [3.8, 4) is 5.75 Å². The standard InChI is InChI=1S/C16H19N5O4/c17-16(23)11-1-3-12(4-2-11)25-14-5-8-24-10-13(14)19-15(22)9-21-7-6-18-20-21/h1-4,6-7,13-14H,5,8-10H2,(H2,17,23)(H,19,22)/t13-,14-/m1/s1. The fourth-order valence-corrected chi connectivity index (χ4v) is 2.58. The van der Waals surface area contributed by atoms with Crippen LogP contribution in [0.2, 0.25) is 0 Å². The summed E-state index contributed by atoms with van der Waals surface area (Å²) < 4.78 is 12.8. The Kier molecular flexibility index (Phi) is 5.24. The fraction of sp³-hybridized carbons (Fsp3) is 0.375. The van der Waals surface area contributed by atoms with Crippen LogP contribution in [0.3, 0.4) is 0 Å². The summed E-state index contributed by atoms with van der Waals surface area (Å²) in [6.07, 6.45) is 3.54. The first-order valence-electron chi connectivity index (χ1n) is 7.89. The lowest BCUT2D eigenvalue weighted by Crippen LogP contribution is -2.52. The summed E-state index contributed by atoms with van der Waals surface area (Å²) in [5, 5.41) is 10.3. The number of nitrogens with one attached hydrogen (secondary N) is 1. The molecule has 2 amide bonds. The van der Waals surface area contributed by atoms with Crippen molar-refractivity contribution < 1.29 is 19.1 Å². The maximum Gasteiger partial charge on any atom is 0.248 e. The van der Waals surface area contributed by atoms with Gasteiger partial charge in [-0.15, -0.1) is 5.10 Å². The molecule has 1 aliphatic rings. The van der Waals surface area contributed by atoms with Gasteiger partial charge in [0.25, 0.3) is 0 Å². The van der Waals surface area contributed by atoms with E-state index < -0.39 is 5.91 Å². The number of aromatic nitrogens is 3. The Balaban J connectivity index is 1.60. The normalized spacial score (nSPS) is 20.0. The molecule has 9 nitrogen and oxygen atoms in total. The van der Waals surface area contributed by atoms with Gasteiger partial charge in [-0.05, 0) is 24.3 Å². The zero-order valence-corrected chi connectivity index (χ0v) is 13.5. The smallest absolute Gasteiger partial charge is 0.248 e. The van der Waals surface area contributed by atoms with Crippen LogP contribution < -0.4 is 15.8 Å². The number of benzene rings is 1. The first kappa shape index (κ1) is 16.9. The molecule has 2 aromatic rings. The molecular weight excluding hydrogens is 326 g/mol. The van der Waals surface area contributed by atoms with Crippen molar-refractivity contribution in [1.82, 2.24) is 20.3 Å². The van der Waals surface area contributed by atoms with Crippen LogP contribution >= 0.6 is 0 Å². The Hall–Kier alpha value is -2.94. The minimum Gasteiger partial charge on any atom is -0.488 e. The van der Waals surface area contributed by atoms with E-state index in [1.807, 2.05) is 0 Å². The van der Waals surface area contributed by atoms with E-state index in [0.717, 1.165) is 0 Å². The highest BCUT2D eigenvalue weighted by molar-refractivity contribution is 5.92. The third-order valence-corrected chi connectivity index (χ3v) is 3.84. The summed E-state index contributed by atoms with van der Waals surface area (Å²) in [5.41, 5.74) is 5.64. The molecule has 1 saturated heterocycles. The molecule has 0 spiro atoms. The highest BCUT2D eigenvalue weighted by Crippen LogP contribution is 2.19. The van der Waals surface area contributed by atoms with Gasteiger partial charge in [0.15, 0.2) is 0 Å². The van der Waals surface area contributed by atoms with Crippen LogP contribution in [0.15, 0.2) is 36.7 Å². The summed E-state index contributed by atoms with van der Waals surface area (Å²) in [4.78, 5) is 23.2. The van der Waals surface area contributed by atoms with E-state index >= 15 is 0 Å². The summed E-state index contributed by atoms with van der Waals surface area (Å²) in [6, 6.07) is 6.30. The summed E-state index contributed by atoms with van der Waals surface area (Å²) in [7, 11) is 0. The molecule has 0 unspecified atom stereocenters. The van der Waals surface area contributed by atoms with Gasteiger partial charge < -0.3 is 20.5 Å². The third kappa shape index (κ3) is 4.54. The van der Waals surface area contributed by atoms with Crippen molar-refractivity contribution >= 4 is 11.8 Å². The molecule has 0 aliphatic carbocycles. The topological polar surface area (TPSA) is 121 Å². The molecule has 1 aliphatic heterocycles. The SMILES string of the molecule is NC(=O)c1ccc(O[C@@H]2CCOC[C@H]2NC(=O)Cn2ccnn2)cc1. The largest absolute Gasteiger partial charge is 0.488 e. The van der Waals surface area contributed by atoms with Crippen molar-refractivity contribution in [3.63, 3.8) is 0 Å². The average molecular weight is 345 g/mol. The van der Waals surface area contributed by atoms with Gasteiger partial charge in [0.2, 0.25) is 11.8 Å². The highest BCUT2D eigenvalue weighted by atomic mass is 16.5. The molecule has 132 valence electrons. The maximum atomic E-state index is 12.1. The number of primary amides is 1. The van der Waals surface area contributed by atoms with Crippen molar-refractivity contribution in [2.24, 2.45) is 5.73 Å². The lowest BCUT2D eigenvalue weighted by atomic mass is 10.1. The number of nitrogens with two attached hydrogens (primary N) is 1. The molecule has 9 heteroatoms. The van der Waals surface area contributed by atoms with Crippen LogP contribution in [0.5, 0.6) is 5.75 Å². The number of hydrogen-bond acceptors (Lipinski definition) is 6. The Morgan fingerprint density at radius 2 is 2.16 bits per heavy atom. The zero-order valence-electron chi connectivity index (χ0n) is 13.5. The quantitative estimate of drug-likeness (QED) is 0.743. The molecule has 0 radical (unpaired) electrons. The van der Waals surface area contributed by atoms with Gasteiger partial charge in [-0.1, -0.05) is 5.21 Å². The van der Waals surface area contributed by atoms with Crippen LogP contribution in [-0.4, -0.2) is 52.2 Å². The van der Waals surface area contributed by atoms with Crippen molar-refractivity contribution in [1.29, 1.82) is 0 Å². The number of rotatable bonds is 6. The Labute approximate surface area is 144 Å². The number of nitrogens with zero attached hydrogens (tertiary/aromatic N) is 3. The Morgan fingerprint density at radius 1 is 1.36 bits per heavy atom. The van der Waals surface area contributed by atoms with Gasteiger partial charge in [-0.25, -0.2) is 4.68 Å². The zero-order chi connectivity index (χ0) is 17.6. The molecule has 25 heavy (non-hydrogen) atoms. The first-order valence-corrected chi connectivity index (χ1v) is 7.89. The second-order valence-corrected chi connectivity index (χ2v) is 5.68. The molecule has 2 heterocycles. The number of ether oxygens (including phenoxy) is 2. The lowest BCUT2D eigenvalue weighted by Gasteiger charge is -2.32. The van der Waals surface area contributed by atoms with Gasteiger partial charge in [-0.2, -0.15) is 0 Å².